The van der Waals surface area contributed by atoms with Gasteiger partial charge >= 0.3 is 18.0 Å². The number of rotatable bonds is 4. The van der Waals surface area contributed by atoms with E-state index in [1.165, 1.54) is 32.4 Å². The molecule has 9 heteroatoms. The fraction of sp³-hybridized carbons (Fsp3) is 0.273. The van der Waals surface area contributed by atoms with Crippen LogP contribution in [-0.4, -0.2) is 63.3 Å². The van der Waals surface area contributed by atoms with Crippen molar-refractivity contribution >= 4 is 29.3 Å². The molecule has 0 aromatic heterocycles. The molecule has 2 amide bonds. The molecule has 1 aliphatic rings. The van der Waals surface area contributed by atoms with Crippen LogP contribution in [0.3, 0.4) is 0 Å². The molecule has 31 heavy (non-hydrogen) atoms. The maximum atomic E-state index is 12.7. The number of nitriles is 1. The summed E-state index contributed by atoms with van der Waals surface area (Å²) < 4.78 is 9.42. The van der Waals surface area contributed by atoms with Gasteiger partial charge in [0.05, 0.1) is 36.6 Å². The summed E-state index contributed by atoms with van der Waals surface area (Å²) in [4.78, 5) is 40.3. The molecule has 1 aliphatic heterocycles. The van der Waals surface area contributed by atoms with E-state index >= 15 is 0 Å². The number of hydrogen-bond donors (Lipinski definition) is 1. The first-order chi connectivity index (χ1) is 15.0. The molecule has 2 aromatic carbocycles. The lowest BCUT2D eigenvalue weighted by Gasteiger charge is -2.36. The van der Waals surface area contributed by atoms with Crippen molar-refractivity contribution < 1.29 is 23.9 Å². The zero-order chi connectivity index (χ0) is 22.4. The molecule has 160 valence electrons. The predicted octanol–water partition coefficient (Wildman–Crippen LogP) is 2.49. The molecule has 0 unspecified atom stereocenters. The number of nitrogens with zero attached hydrogens (tertiary/aromatic N) is 3. The van der Waals surface area contributed by atoms with Crippen molar-refractivity contribution in [2.45, 2.75) is 0 Å². The molecule has 9 nitrogen and oxygen atoms in total. The predicted molar refractivity (Wildman–Crippen MR) is 113 cm³/mol. The third kappa shape index (κ3) is 4.93. The number of ether oxygens (including phenoxy) is 2. The van der Waals surface area contributed by atoms with E-state index in [1.54, 1.807) is 11.0 Å². The number of esters is 2. The molecule has 3 rings (SSSR count). The summed E-state index contributed by atoms with van der Waals surface area (Å²) in [5.74, 6) is -1.27. The maximum absolute atomic E-state index is 12.7. The number of benzene rings is 2. The monoisotopic (exact) mass is 422 g/mol. The molecule has 1 N–H and O–H groups in total. The van der Waals surface area contributed by atoms with Gasteiger partial charge in [0.15, 0.2) is 0 Å². The highest BCUT2D eigenvalue weighted by molar-refractivity contribution is 5.99. The van der Waals surface area contributed by atoms with Gasteiger partial charge in [-0.3, -0.25) is 0 Å². The number of anilines is 2. The van der Waals surface area contributed by atoms with Crippen molar-refractivity contribution in [3.05, 3.63) is 59.2 Å². The number of methoxy groups -OCH3 is 2. The van der Waals surface area contributed by atoms with Crippen molar-refractivity contribution in [2.24, 2.45) is 0 Å². The first-order valence-electron chi connectivity index (χ1n) is 9.58. The zero-order valence-corrected chi connectivity index (χ0v) is 17.3. The highest BCUT2D eigenvalue weighted by Gasteiger charge is 2.23. The Kier molecular flexibility index (Phi) is 6.72. The third-order valence-corrected chi connectivity index (χ3v) is 4.96. The molecule has 0 aliphatic carbocycles. The fourth-order valence-corrected chi connectivity index (χ4v) is 3.37. The highest BCUT2D eigenvalue weighted by atomic mass is 16.5. The van der Waals surface area contributed by atoms with Crippen LogP contribution >= 0.6 is 0 Å². The van der Waals surface area contributed by atoms with Crippen LogP contribution in [0.5, 0.6) is 0 Å². The first-order valence-corrected chi connectivity index (χ1v) is 9.58. The molecular weight excluding hydrogens is 400 g/mol. The number of hydrogen-bond acceptors (Lipinski definition) is 7. The van der Waals surface area contributed by atoms with Crippen LogP contribution in [0.15, 0.2) is 42.5 Å². The van der Waals surface area contributed by atoms with Gasteiger partial charge in [-0.05, 0) is 30.3 Å². The zero-order valence-electron chi connectivity index (χ0n) is 17.3. The summed E-state index contributed by atoms with van der Waals surface area (Å²) in [7, 11) is 2.46. The van der Waals surface area contributed by atoms with Gasteiger partial charge in [0, 0.05) is 31.9 Å². The number of para-hydroxylation sites is 1. The van der Waals surface area contributed by atoms with Crippen molar-refractivity contribution in [1.29, 1.82) is 5.26 Å². The summed E-state index contributed by atoms with van der Waals surface area (Å²) in [6, 6.07) is 13.4. The first kappa shape index (κ1) is 21.6. The normalized spacial score (nSPS) is 13.2. The van der Waals surface area contributed by atoms with Crippen LogP contribution in [0.4, 0.5) is 16.2 Å². The number of urea groups is 1. The minimum absolute atomic E-state index is 0.124. The molecule has 1 saturated heterocycles. The Morgan fingerprint density at radius 3 is 2.06 bits per heavy atom. The molecular formula is C22H22N4O5. The van der Waals surface area contributed by atoms with E-state index in [4.69, 9.17) is 9.47 Å². The number of carbonyl (C=O) groups excluding carboxylic acids is 3. The number of piperazine rings is 1. The topological polar surface area (TPSA) is 112 Å². The fourth-order valence-electron chi connectivity index (χ4n) is 3.37. The quantitative estimate of drug-likeness (QED) is 0.754. The summed E-state index contributed by atoms with van der Waals surface area (Å²) in [6.07, 6.45) is 0. The Morgan fingerprint density at radius 1 is 0.935 bits per heavy atom. The minimum atomic E-state index is -0.633. The van der Waals surface area contributed by atoms with Crippen LogP contribution in [0.25, 0.3) is 0 Å². The molecule has 0 bridgehead atoms. The molecule has 0 saturated carbocycles. The summed E-state index contributed by atoms with van der Waals surface area (Å²) in [5.41, 5.74) is 1.97. The maximum Gasteiger partial charge on any atom is 0.337 e. The van der Waals surface area contributed by atoms with Crippen LogP contribution in [0, 0.1) is 11.3 Å². The lowest BCUT2D eigenvalue weighted by Crippen LogP contribution is -2.50. The minimum Gasteiger partial charge on any atom is -0.465 e. The second kappa shape index (κ2) is 9.63. The largest absolute Gasteiger partial charge is 0.465 e. The van der Waals surface area contributed by atoms with Crippen LogP contribution in [0.1, 0.15) is 26.3 Å². The lowest BCUT2D eigenvalue weighted by molar-refractivity contribution is 0.0599. The van der Waals surface area contributed by atoms with Gasteiger partial charge in [0.1, 0.15) is 6.07 Å². The third-order valence-electron chi connectivity index (χ3n) is 4.96. The van der Waals surface area contributed by atoms with E-state index < -0.39 is 11.9 Å². The molecule has 0 spiro atoms. The summed E-state index contributed by atoms with van der Waals surface area (Å²) >= 11 is 0. The smallest absolute Gasteiger partial charge is 0.337 e. The second-order valence-corrected chi connectivity index (χ2v) is 6.82. The van der Waals surface area contributed by atoms with Crippen LogP contribution in [-0.2, 0) is 9.47 Å². The summed E-state index contributed by atoms with van der Waals surface area (Å²) in [5, 5.41) is 12.0. The van der Waals surface area contributed by atoms with Gasteiger partial charge in [0.25, 0.3) is 0 Å². The second-order valence-electron chi connectivity index (χ2n) is 6.82. The Balaban J connectivity index is 1.70. The highest BCUT2D eigenvalue weighted by Crippen LogP contribution is 2.22. The van der Waals surface area contributed by atoms with Gasteiger partial charge < -0.3 is 24.6 Å². The van der Waals surface area contributed by atoms with Gasteiger partial charge in [-0.15, -0.1) is 0 Å². The Hall–Kier alpha value is -4.06. The van der Waals surface area contributed by atoms with E-state index in [1.807, 2.05) is 18.2 Å². The van der Waals surface area contributed by atoms with E-state index in [9.17, 15) is 19.6 Å². The molecule has 1 heterocycles. The summed E-state index contributed by atoms with van der Waals surface area (Å²) in [6.45, 7) is 2.04. The van der Waals surface area contributed by atoms with Crippen molar-refractivity contribution in [3.8, 4) is 6.07 Å². The number of nitrogens with one attached hydrogen (secondary N) is 1. The van der Waals surface area contributed by atoms with E-state index in [-0.39, 0.29) is 22.8 Å². The molecule has 0 radical (unpaired) electrons. The van der Waals surface area contributed by atoms with Gasteiger partial charge in [-0.1, -0.05) is 12.1 Å². The average Bonchev–Trinajstić information content (AvgIpc) is 2.82. The van der Waals surface area contributed by atoms with E-state index in [0.29, 0.717) is 31.7 Å². The van der Waals surface area contributed by atoms with Gasteiger partial charge in [0.2, 0.25) is 0 Å². The van der Waals surface area contributed by atoms with Crippen LogP contribution < -0.4 is 10.2 Å². The standard InChI is InChI=1S/C22H22N4O5/c1-30-20(27)16-11-17(21(28)31-2)13-18(12-16)24-22(29)26-9-7-25(8-10-26)19-6-4-3-5-15(19)14-23/h3-6,11-13H,7-10H2,1-2H3,(H,24,29). The average molecular weight is 422 g/mol. The van der Waals surface area contributed by atoms with E-state index in [2.05, 4.69) is 16.3 Å². The Morgan fingerprint density at radius 2 is 1.52 bits per heavy atom. The Bertz CT molecular complexity index is 1000. The van der Waals surface area contributed by atoms with Crippen LogP contribution in [0.2, 0.25) is 0 Å². The molecule has 0 atom stereocenters. The van der Waals surface area contributed by atoms with Crippen molar-refractivity contribution in [1.82, 2.24) is 4.90 Å². The Labute approximate surface area is 179 Å². The SMILES string of the molecule is COC(=O)c1cc(NC(=O)N2CCN(c3ccccc3C#N)CC2)cc(C(=O)OC)c1. The molecule has 1 fully saturated rings. The lowest BCUT2D eigenvalue weighted by atomic mass is 10.1. The number of amides is 2. The molecule has 2 aromatic rings. The van der Waals surface area contributed by atoms with Crippen molar-refractivity contribution in [2.75, 3.05) is 50.6 Å². The van der Waals surface area contributed by atoms with Gasteiger partial charge in [-0.25, -0.2) is 14.4 Å². The van der Waals surface area contributed by atoms with Gasteiger partial charge in [-0.2, -0.15) is 5.26 Å². The van der Waals surface area contributed by atoms with E-state index in [0.717, 1.165) is 5.69 Å². The number of carbonyl (C=O) groups is 3. The van der Waals surface area contributed by atoms with Crippen molar-refractivity contribution in [3.63, 3.8) is 0 Å².